The largest absolute Gasteiger partial charge is 0.389 e. The predicted octanol–water partition coefficient (Wildman–Crippen LogP) is 7.08. The highest BCUT2D eigenvalue weighted by molar-refractivity contribution is 7.98. The molecule has 2 aliphatic heterocycles. The number of aliphatic hydroxyl groups is 1. The quantitative estimate of drug-likeness (QED) is 0.282. The first kappa shape index (κ1) is 26.3. The Kier molecular flexibility index (Phi) is 7.96. The van der Waals surface area contributed by atoms with E-state index in [2.05, 4.69) is 47.2 Å². The van der Waals surface area contributed by atoms with E-state index >= 15 is 0 Å². The molecule has 2 heterocycles. The molecule has 1 fully saturated rings. The summed E-state index contributed by atoms with van der Waals surface area (Å²) in [6.07, 6.45) is 6.78. The highest BCUT2D eigenvalue weighted by Crippen LogP contribution is 2.45. The number of fused-ring (bicyclic) bond motifs is 1. The molecule has 3 unspecified atom stereocenters. The lowest BCUT2D eigenvalue weighted by atomic mass is 9.69. The molecule has 3 atom stereocenters. The summed E-state index contributed by atoms with van der Waals surface area (Å²) in [6.45, 7) is 3.35. The van der Waals surface area contributed by atoms with Crippen LogP contribution in [0.4, 0.5) is 10.1 Å². The van der Waals surface area contributed by atoms with Crippen molar-refractivity contribution in [3.63, 3.8) is 0 Å². The van der Waals surface area contributed by atoms with Crippen molar-refractivity contribution in [1.82, 2.24) is 5.32 Å². The Labute approximate surface area is 228 Å². The van der Waals surface area contributed by atoms with Crippen molar-refractivity contribution >= 4 is 35.1 Å². The maximum absolute atomic E-state index is 14.8. The molecule has 0 aromatic heterocycles. The number of nitrogens with one attached hydrogen (secondary N) is 2. The third-order valence-corrected chi connectivity index (χ3v) is 8.72. The van der Waals surface area contributed by atoms with Crippen LogP contribution >= 0.6 is 23.4 Å². The lowest BCUT2D eigenvalue weighted by Crippen LogP contribution is -2.52. The summed E-state index contributed by atoms with van der Waals surface area (Å²) >= 11 is 8.16. The van der Waals surface area contributed by atoms with Gasteiger partial charge in [-0.15, -0.1) is 11.8 Å². The number of anilines is 1. The lowest BCUT2D eigenvalue weighted by Gasteiger charge is -2.45. The number of benzene rings is 3. The van der Waals surface area contributed by atoms with Gasteiger partial charge in [-0.05, 0) is 103 Å². The SMILES string of the molecule is CCc1ccc(CC2CC(O)(C(C3=Cc4cc(SC)ccc4NC3)c3cccc(Cl)c3)CCN2)c(F)c1. The standard InChI is InChI=1S/C31H34ClFN2OS/c1-3-20-7-8-21(28(33)13-20)16-26-18-31(36,11-12-34-26)30(22-5-4-6-25(32)15-22)24-14-23-17-27(37-2)9-10-29(23)35-19-24/h4-10,13-15,17,26,30,34-36H,3,11-12,16,18-19H2,1-2H3. The first-order chi connectivity index (χ1) is 17.9. The number of hydrogen-bond donors (Lipinski definition) is 3. The first-order valence-corrected chi connectivity index (χ1v) is 14.6. The van der Waals surface area contributed by atoms with Crippen LogP contribution in [0.15, 0.2) is 71.1 Å². The van der Waals surface area contributed by atoms with Crippen molar-refractivity contribution < 1.29 is 9.50 Å². The summed E-state index contributed by atoms with van der Waals surface area (Å²) in [4.78, 5) is 1.20. The average Bonchev–Trinajstić information content (AvgIpc) is 2.89. The van der Waals surface area contributed by atoms with Crippen molar-refractivity contribution in [3.05, 3.63) is 99.3 Å². The molecule has 3 aromatic carbocycles. The van der Waals surface area contributed by atoms with E-state index in [4.69, 9.17) is 11.6 Å². The van der Waals surface area contributed by atoms with E-state index < -0.39 is 5.60 Å². The van der Waals surface area contributed by atoms with Crippen LogP contribution in [-0.4, -0.2) is 36.1 Å². The molecule has 37 heavy (non-hydrogen) atoms. The lowest BCUT2D eigenvalue weighted by molar-refractivity contribution is -0.0195. The number of piperidine rings is 1. The van der Waals surface area contributed by atoms with Crippen LogP contribution in [-0.2, 0) is 12.8 Å². The molecule has 3 N–H and O–H groups in total. The number of hydrogen-bond acceptors (Lipinski definition) is 4. The molecule has 5 rings (SSSR count). The van der Waals surface area contributed by atoms with Gasteiger partial charge in [0, 0.05) is 34.1 Å². The molecule has 1 saturated heterocycles. The fourth-order valence-electron chi connectivity index (χ4n) is 5.88. The van der Waals surface area contributed by atoms with E-state index in [9.17, 15) is 9.50 Å². The van der Waals surface area contributed by atoms with E-state index in [1.54, 1.807) is 17.8 Å². The molecule has 0 spiro atoms. The summed E-state index contributed by atoms with van der Waals surface area (Å²) in [5, 5.41) is 20.1. The molecular weight excluding hydrogens is 503 g/mol. The van der Waals surface area contributed by atoms with Crippen LogP contribution in [0.5, 0.6) is 0 Å². The topological polar surface area (TPSA) is 44.3 Å². The Hall–Kier alpha value is -2.31. The number of thioether (sulfide) groups is 1. The Bertz CT molecular complexity index is 1310. The smallest absolute Gasteiger partial charge is 0.126 e. The number of aryl methyl sites for hydroxylation is 1. The summed E-state index contributed by atoms with van der Waals surface area (Å²) in [5.74, 6) is -0.399. The number of rotatable bonds is 7. The van der Waals surface area contributed by atoms with Crippen molar-refractivity contribution in [2.24, 2.45) is 0 Å². The van der Waals surface area contributed by atoms with Gasteiger partial charge in [0.25, 0.3) is 0 Å². The highest BCUT2D eigenvalue weighted by Gasteiger charge is 2.44. The van der Waals surface area contributed by atoms with Crippen LogP contribution in [0.3, 0.4) is 0 Å². The molecule has 0 bridgehead atoms. The Morgan fingerprint density at radius 1 is 1.16 bits per heavy atom. The molecule has 0 amide bonds. The van der Waals surface area contributed by atoms with Crippen LogP contribution in [0.1, 0.15) is 47.9 Å². The average molecular weight is 537 g/mol. The summed E-state index contributed by atoms with van der Waals surface area (Å²) in [6, 6.07) is 19.8. The van der Waals surface area contributed by atoms with Gasteiger partial charge in [-0.25, -0.2) is 4.39 Å². The van der Waals surface area contributed by atoms with Crippen molar-refractivity contribution in [3.8, 4) is 0 Å². The van der Waals surface area contributed by atoms with Gasteiger partial charge in [0.15, 0.2) is 0 Å². The third-order valence-electron chi connectivity index (χ3n) is 7.76. The Morgan fingerprint density at radius 2 is 2.03 bits per heavy atom. The van der Waals surface area contributed by atoms with Crippen LogP contribution in [0.2, 0.25) is 5.02 Å². The van der Waals surface area contributed by atoms with Crippen LogP contribution < -0.4 is 10.6 Å². The molecule has 0 radical (unpaired) electrons. The molecule has 6 heteroatoms. The second kappa shape index (κ2) is 11.2. The molecule has 2 aliphatic rings. The Morgan fingerprint density at radius 3 is 2.78 bits per heavy atom. The van der Waals surface area contributed by atoms with Gasteiger partial charge in [-0.3, -0.25) is 0 Å². The monoisotopic (exact) mass is 536 g/mol. The molecular formula is C31H34ClFN2OS. The normalized spacial score (nSPS) is 22.1. The predicted molar refractivity (Wildman–Crippen MR) is 154 cm³/mol. The zero-order valence-electron chi connectivity index (χ0n) is 21.4. The summed E-state index contributed by atoms with van der Waals surface area (Å²) in [7, 11) is 0. The fourth-order valence-corrected chi connectivity index (χ4v) is 6.53. The van der Waals surface area contributed by atoms with Gasteiger partial charge in [0.05, 0.1) is 5.60 Å². The third kappa shape index (κ3) is 5.75. The molecule has 0 aliphatic carbocycles. The van der Waals surface area contributed by atoms with Crippen molar-refractivity contribution in [2.75, 3.05) is 24.7 Å². The second-order valence-electron chi connectivity index (χ2n) is 10.2. The maximum Gasteiger partial charge on any atom is 0.126 e. The van der Waals surface area contributed by atoms with Crippen LogP contribution in [0.25, 0.3) is 6.08 Å². The summed E-state index contributed by atoms with van der Waals surface area (Å²) in [5.41, 5.74) is 5.07. The van der Waals surface area contributed by atoms with Crippen molar-refractivity contribution in [2.45, 2.75) is 55.1 Å². The maximum atomic E-state index is 14.8. The van der Waals surface area contributed by atoms with Crippen LogP contribution in [0, 0.1) is 5.82 Å². The van der Waals surface area contributed by atoms with E-state index in [-0.39, 0.29) is 17.8 Å². The minimum absolute atomic E-state index is 0.0325. The Balaban J connectivity index is 1.49. The highest BCUT2D eigenvalue weighted by atomic mass is 35.5. The minimum Gasteiger partial charge on any atom is -0.389 e. The second-order valence-corrected chi connectivity index (χ2v) is 11.5. The van der Waals surface area contributed by atoms with Gasteiger partial charge in [-0.1, -0.05) is 48.9 Å². The van der Waals surface area contributed by atoms with Gasteiger partial charge in [0.2, 0.25) is 0 Å². The number of halogens is 2. The van der Waals surface area contributed by atoms with Gasteiger partial charge in [0.1, 0.15) is 5.82 Å². The van der Waals surface area contributed by atoms with E-state index in [1.165, 1.54) is 4.90 Å². The fraction of sp³-hybridized carbons (Fsp3) is 0.355. The van der Waals surface area contributed by atoms with E-state index in [1.807, 2.05) is 37.3 Å². The molecule has 0 saturated carbocycles. The molecule has 194 valence electrons. The first-order valence-electron chi connectivity index (χ1n) is 13.0. The molecule has 3 aromatic rings. The van der Waals surface area contributed by atoms with E-state index in [0.29, 0.717) is 42.9 Å². The zero-order chi connectivity index (χ0) is 26.0. The van der Waals surface area contributed by atoms with E-state index in [0.717, 1.165) is 34.4 Å². The zero-order valence-corrected chi connectivity index (χ0v) is 22.9. The minimum atomic E-state index is -0.997. The van der Waals surface area contributed by atoms with Crippen molar-refractivity contribution in [1.29, 1.82) is 0 Å². The van der Waals surface area contributed by atoms with Gasteiger partial charge < -0.3 is 15.7 Å². The van der Waals surface area contributed by atoms with Gasteiger partial charge >= 0.3 is 0 Å². The van der Waals surface area contributed by atoms with Gasteiger partial charge in [-0.2, -0.15) is 0 Å². The summed E-state index contributed by atoms with van der Waals surface area (Å²) < 4.78 is 14.8. The molecule has 3 nitrogen and oxygen atoms in total.